The number of hydrogen-bond acceptors (Lipinski definition) is 4. The number of piperidine rings is 1. The van der Waals surface area contributed by atoms with Crippen molar-refractivity contribution in [3.05, 3.63) is 28.8 Å². The van der Waals surface area contributed by atoms with Crippen LogP contribution < -0.4 is 10.5 Å². The van der Waals surface area contributed by atoms with Crippen molar-refractivity contribution in [2.45, 2.75) is 12.8 Å². The number of nitrogens with two attached hydrogens (primary N) is 1. The molecule has 0 aromatic heterocycles. The summed E-state index contributed by atoms with van der Waals surface area (Å²) in [5.41, 5.74) is 5.69. The number of rotatable bonds is 4. The average Bonchev–Trinajstić information content (AvgIpc) is 2.53. The van der Waals surface area contributed by atoms with E-state index in [2.05, 4.69) is 0 Å². The molecular weight excluding hydrogens is 306 g/mol. The van der Waals surface area contributed by atoms with Crippen LogP contribution in [0.3, 0.4) is 0 Å². The second kappa shape index (κ2) is 7.14. The van der Waals surface area contributed by atoms with Crippen LogP contribution in [0.15, 0.2) is 18.2 Å². The summed E-state index contributed by atoms with van der Waals surface area (Å²) in [7, 11) is 0. The van der Waals surface area contributed by atoms with Gasteiger partial charge >= 0.3 is 0 Å². The minimum absolute atomic E-state index is 0.132. The van der Waals surface area contributed by atoms with E-state index in [0.29, 0.717) is 42.3 Å². The van der Waals surface area contributed by atoms with Gasteiger partial charge < -0.3 is 15.4 Å². The quantitative estimate of drug-likeness (QED) is 0.904. The minimum Gasteiger partial charge on any atom is -0.482 e. The molecule has 1 aromatic rings. The van der Waals surface area contributed by atoms with Crippen molar-refractivity contribution in [1.82, 2.24) is 4.90 Å². The zero-order valence-electron chi connectivity index (χ0n) is 11.9. The van der Waals surface area contributed by atoms with E-state index in [1.807, 2.05) is 6.07 Å². The maximum atomic E-state index is 12.1. The van der Waals surface area contributed by atoms with Gasteiger partial charge in [0.25, 0.3) is 5.91 Å². The fourth-order valence-electron chi connectivity index (χ4n) is 2.33. The lowest BCUT2D eigenvalue weighted by Gasteiger charge is -2.30. The van der Waals surface area contributed by atoms with E-state index in [0.717, 1.165) is 0 Å². The van der Waals surface area contributed by atoms with E-state index in [4.69, 9.17) is 27.3 Å². The fraction of sp³-hybridized carbons (Fsp3) is 0.400. The lowest BCUT2D eigenvalue weighted by molar-refractivity contribution is -0.136. The van der Waals surface area contributed by atoms with Crippen molar-refractivity contribution >= 4 is 23.4 Å². The van der Waals surface area contributed by atoms with E-state index in [9.17, 15) is 9.59 Å². The summed E-state index contributed by atoms with van der Waals surface area (Å²) in [6, 6.07) is 6.59. The minimum atomic E-state index is -0.312. The molecule has 22 heavy (non-hydrogen) atoms. The molecule has 2 rings (SSSR count). The van der Waals surface area contributed by atoms with Crippen molar-refractivity contribution in [2.75, 3.05) is 19.7 Å². The molecule has 0 atom stereocenters. The summed E-state index contributed by atoms with van der Waals surface area (Å²) < 4.78 is 5.40. The lowest BCUT2D eigenvalue weighted by atomic mass is 9.96. The van der Waals surface area contributed by atoms with Gasteiger partial charge in [0.05, 0.1) is 16.7 Å². The fourth-order valence-corrected chi connectivity index (χ4v) is 2.57. The second-order valence-electron chi connectivity index (χ2n) is 5.10. The number of amides is 2. The summed E-state index contributed by atoms with van der Waals surface area (Å²) in [6.07, 6.45) is 1.16. The number of benzene rings is 1. The Bertz CT molecular complexity index is 619. The number of hydrogen-bond donors (Lipinski definition) is 1. The van der Waals surface area contributed by atoms with E-state index in [1.54, 1.807) is 17.0 Å². The van der Waals surface area contributed by atoms with Crippen LogP contribution in [-0.2, 0) is 9.59 Å². The molecule has 6 nitrogen and oxygen atoms in total. The lowest BCUT2D eigenvalue weighted by Crippen LogP contribution is -2.43. The number of nitriles is 1. The van der Waals surface area contributed by atoms with E-state index >= 15 is 0 Å². The van der Waals surface area contributed by atoms with Crippen molar-refractivity contribution < 1.29 is 14.3 Å². The van der Waals surface area contributed by atoms with Crippen molar-refractivity contribution in [3.63, 3.8) is 0 Å². The first kappa shape index (κ1) is 16.1. The molecule has 0 bridgehead atoms. The Morgan fingerprint density at radius 1 is 1.41 bits per heavy atom. The Hall–Kier alpha value is -2.26. The summed E-state index contributed by atoms with van der Waals surface area (Å²) in [6.45, 7) is 0.862. The summed E-state index contributed by atoms with van der Waals surface area (Å²) >= 11 is 5.98. The van der Waals surface area contributed by atoms with Gasteiger partial charge in [0.2, 0.25) is 5.91 Å². The summed E-state index contributed by atoms with van der Waals surface area (Å²) in [4.78, 5) is 24.8. The van der Waals surface area contributed by atoms with Gasteiger partial charge in [-0.2, -0.15) is 5.26 Å². The van der Waals surface area contributed by atoms with Crippen LogP contribution >= 0.6 is 11.6 Å². The third-order valence-electron chi connectivity index (χ3n) is 3.66. The van der Waals surface area contributed by atoms with Crippen LogP contribution in [0, 0.1) is 17.2 Å². The first-order valence-corrected chi connectivity index (χ1v) is 7.28. The molecule has 1 aliphatic heterocycles. The number of primary amides is 1. The number of likely N-dealkylation sites (tertiary alicyclic amines) is 1. The second-order valence-corrected chi connectivity index (χ2v) is 5.51. The molecule has 0 spiro atoms. The van der Waals surface area contributed by atoms with E-state index < -0.39 is 0 Å². The molecule has 1 saturated heterocycles. The van der Waals surface area contributed by atoms with Crippen LogP contribution in [0.25, 0.3) is 0 Å². The Kier molecular flexibility index (Phi) is 5.23. The Balaban J connectivity index is 1.86. The third kappa shape index (κ3) is 3.89. The number of ether oxygens (including phenoxy) is 1. The molecule has 0 saturated carbocycles. The highest BCUT2D eigenvalue weighted by Crippen LogP contribution is 2.25. The van der Waals surface area contributed by atoms with E-state index in [1.165, 1.54) is 6.07 Å². The van der Waals surface area contributed by atoms with Gasteiger partial charge in [-0.15, -0.1) is 0 Å². The Morgan fingerprint density at radius 3 is 2.64 bits per heavy atom. The Labute approximate surface area is 133 Å². The molecule has 7 heteroatoms. The molecule has 1 heterocycles. The molecule has 1 aromatic carbocycles. The molecule has 0 radical (unpaired) electrons. The molecule has 1 fully saturated rings. The highest BCUT2D eigenvalue weighted by molar-refractivity contribution is 6.32. The molecule has 116 valence electrons. The van der Waals surface area contributed by atoms with Gasteiger partial charge in [0.1, 0.15) is 5.75 Å². The number of carbonyl (C=O) groups is 2. The normalized spacial score (nSPS) is 15.2. The summed E-state index contributed by atoms with van der Waals surface area (Å²) in [5, 5.41) is 9.05. The number of nitrogens with zero attached hydrogens (tertiary/aromatic N) is 2. The molecule has 1 aliphatic rings. The zero-order chi connectivity index (χ0) is 16.1. The number of carbonyl (C=O) groups excluding carboxylic acids is 2. The largest absolute Gasteiger partial charge is 0.482 e. The van der Waals surface area contributed by atoms with Crippen molar-refractivity contribution in [1.29, 1.82) is 5.26 Å². The predicted molar refractivity (Wildman–Crippen MR) is 80.2 cm³/mol. The highest BCUT2D eigenvalue weighted by Gasteiger charge is 2.26. The van der Waals surface area contributed by atoms with Gasteiger partial charge in [-0.1, -0.05) is 11.6 Å². The van der Waals surface area contributed by atoms with Gasteiger partial charge in [-0.05, 0) is 31.0 Å². The van der Waals surface area contributed by atoms with Gasteiger partial charge in [-0.25, -0.2) is 0 Å². The first-order valence-electron chi connectivity index (χ1n) is 6.91. The van der Waals surface area contributed by atoms with Crippen LogP contribution in [-0.4, -0.2) is 36.4 Å². The van der Waals surface area contributed by atoms with Crippen molar-refractivity contribution in [2.24, 2.45) is 11.7 Å². The smallest absolute Gasteiger partial charge is 0.260 e. The first-order chi connectivity index (χ1) is 10.5. The van der Waals surface area contributed by atoms with E-state index in [-0.39, 0.29) is 24.3 Å². The molecule has 2 N–H and O–H groups in total. The van der Waals surface area contributed by atoms with Gasteiger partial charge in [0, 0.05) is 19.0 Å². The average molecular weight is 322 g/mol. The molecule has 0 aliphatic carbocycles. The van der Waals surface area contributed by atoms with Crippen LogP contribution in [0.4, 0.5) is 0 Å². The SMILES string of the molecule is N#Cc1ccc(OCC(=O)N2CCC(C(N)=O)CC2)c(Cl)c1. The number of halogens is 1. The van der Waals surface area contributed by atoms with Crippen molar-refractivity contribution in [3.8, 4) is 11.8 Å². The van der Waals surface area contributed by atoms with Crippen LogP contribution in [0.2, 0.25) is 5.02 Å². The van der Waals surface area contributed by atoms with Gasteiger partial charge in [0.15, 0.2) is 6.61 Å². The maximum absolute atomic E-state index is 12.1. The highest BCUT2D eigenvalue weighted by atomic mass is 35.5. The predicted octanol–water partition coefficient (Wildman–Crippen LogP) is 1.31. The topological polar surface area (TPSA) is 96.4 Å². The molecule has 0 unspecified atom stereocenters. The Morgan fingerprint density at radius 2 is 2.09 bits per heavy atom. The molecule has 2 amide bonds. The van der Waals surface area contributed by atoms with Crippen LogP contribution in [0.1, 0.15) is 18.4 Å². The monoisotopic (exact) mass is 321 g/mol. The zero-order valence-corrected chi connectivity index (χ0v) is 12.7. The van der Waals surface area contributed by atoms with Crippen LogP contribution in [0.5, 0.6) is 5.75 Å². The summed E-state index contributed by atoms with van der Waals surface area (Å²) in [5.74, 6) is -0.268. The van der Waals surface area contributed by atoms with Gasteiger partial charge in [-0.3, -0.25) is 9.59 Å². The molecular formula is C15H16ClN3O3. The maximum Gasteiger partial charge on any atom is 0.260 e. The standard InChI is InChI=1S/C15H16ClN3O3/c16-12-7-10(8-17)1-2-13(12)22-9-14(20)19-5-3-11(4-6-19)15(18)21/h1-2,7,11H,3-6,9H2,(H2,18,21). The third-order valence-corrected chi connectivity index (χ3v) is 3.96.